The highest BCUT2D eigenvalue weighted by Gasteiger charge is 2.21. The molecule has 1 aromatic rings. The monoisotopic (exact) mass is 345 g/mol. The summed E-state index contributed by atoms with van der Waals surface area (Å²) in [5.41, 5.74) is -0.345. The van der Waals surface area contributed by atoms with Gasteiger partial charge < -0.3 is 4.74 Å². The van der Waals surface area contributed by atoms with Crippen molar-refractivity contribution in [2.24, 2.45) is 0 Å². The number of nitro benzene ring substituents is 1. The van der Waals surface area contributed by atoms with Gasteiger partial charge in [0.15, 0.2) is 6.61 Å². The lowest BCUT2D eigenvalue weighted by Gasteiger charge is -2.07. The number of rotatable bonds is 7. The zero-order valence-electron chi connectivity index (χ0n) is 11.3. The standard InChI is InChI=1S/C11H11N3O6S2/c1-21-10-3-2-8(6-9(10)14(16)17)22(18,19)13-7-11(15)20-5-4-12/h2-3,6,13H,5,7H2,1H3. The molecule has 0 heterocycles. The van der Waals surface area contributed by atoms with Crippen molar-refractivity contribution in [1.82, 2.24) is 4.72 Å². The Morgan fingerprint density at radius 2 is 2.23 bits per heavy atom. The zero-order chi connectivity index (χ0) is 16.8. The lowest BCUT2D eigenvalue weighted by atomic mass is 10.3. The first-order valence-corrected chi connectivity index (χ1v) is 8.37. The highest BCUT2D eigenvalue weighted by Crippen LogP contribution is 2.29. The molecule has 0 amide bonds. The fraction of sp³-hybridized carbons (Fsp3) is 0.273. The maximum Gasteiger partial charge on any atom is 0.322 e. The molecule has 0 radical (unpaired) electrons. The van der Waals surface area contributed by atoms with Crippen molar-refractivity contribution < 1.29 is 22.9 Å². The number of nitriles is 1. The molecular weight excluding hydrogens is 334 g/mol. The van der Waals surface area contributed by atoms with Crippen molar-refractivity contribution in [2.75, 3.05) is 19.4 Å². The van der Waals surface area contributed by atoms with E-state index >= 15 is 0 Å². The number of carbonyl (C=O) groups is 1. The third-order valence-electron chi connectivity index (χ3n) is 2.36. The third kappa shape index (κ3) is 4.69. The lowest BCUT2D eigenvalue weighted by molar-refractivity contribution is -0.387. The van der Waals surface area contributed by atoms with Crippen molar-refractivity contribution in [3.8, 4) is 6.07 Å². The van der Waals surface area contributed by atoms with Crippen LogP contribution < -0.4 is 4.72 Å². The van der Waals surface area contributed by atoms with E-state index in [2.05, 4.69) is 4.74 Å². The molecule has 0 atom stereocenters. The van der Waals surface area contributed by atoms with E-state index in [0.29, 0.717) is 4.90 Å². The quantitative estimate of drug-likeness (QED) is 0.329. The molecule has 0 aromatic heterocycles. The summed E-state index contributed by atoms with van der Waals surface area (Å²) in [6.07, 6.45) is 1.62. The molecule has 0 saturated heterocycles. The van der Waals surface area contributed by atoms with Crippen LogP contribution in [0, 0.1) is 21.4 Å². The molecule has 0 aliphatic heterocycles. The van der Waals surface area contributed by atoms with Crippen LogP contribution in [0.25, 0.3) is 0 Å². The second-order valence-corrected chi connectivity index (χ2v) is 6.35. The van der Waals surface area contributed by atoms with E-state index in [1.807, 2.05) is 4.72 Å². The van der Waals surface area contributed by atoms with Gasteiger partial charge in [-0.05, 0) is 18.4 Å². The first-order chi connectivity index (χ1) is 10.3. The molecule has 1 aromatic carbocycles. The largest absolute Gasteiger partial charge is 0.449 e. The highest BCUT2D eigenvalue weighted by atomic mass is 32.2. The maximum atomic E-state index is 12.0. The van der Waals surface area contributed by atoms with Crippen LogP contribution in [-0.4, -0.2) is 38.7 Å². The molecule has 0 fully saturated rings. The molecule has 0 unspecified atom stereocenters. The Labute approximate surface area is 130 Å². The average molecular weight is 345 g/mol. The minimum absolute atomic E-state index is 0.317. The Bertz CT molecular complexity index is 726. The van der Waals surface area contributed by atoms with E-state index < -0.39 is 34.1 Å². The van der Waals surface area contributed by atoms with Crippen LogP contribution in [0.5, 0.6) is 0 Å². The van der Waals surface area contributed by atoms with Crippen molar-refractivity contribution in [1.29, 1.82) is 5.26 Å². The van der Waals surface area contributed by atoms with Crippen LogP contribution in [0.1, 0.15) is 0 Å². The van der Waals surface area contributed by atoms with Gasteiger partial charge in [-0.15, -0.1) is 11.8 Å². The molecule has 0 aliphatic rings. The topological polar surface area (TPSA) is 139 Å². The van der Waals surface area contributed by atoms with Gasteiger partial charge in [-0.2, -0.15) is 9.98 Å². The summed E-state index contributed by atoms with van der Waals surface area (Å²) in [4.78, 5) is 21.3. The van der Waals surface area contributed by atoms with Crippen LogP contribution in [-0.2, 0) is 19.6 Å². The van der Waals surface area contributed by atoms with Crippen LogP contribution in [0.15, 0.2) is 28.0 Å². The number of sulfonamides is 1. The Morgan fingerprint density at radius 3 is 2.77 bits per heavy atom. The molecule has 0 bridgehead atoms. The van der Waals surface area contributed by atoms with Crippen molar-refractivity contribution >= 4 is 33.4 Å². The molecular formula is C11H11N3O6S2. The smallest absolute Gasteiger partial charge is 0.322 e. The Morgan fingerprint density at radius 1 is 1.55 bits per heavy atom. The summed E-state index contributed by atoms with van der Waals surface area (Å²) < 4.78 is 30.3. The fourth-order valence-electron chi connectivity index (χ4n) is 1.38. The number of thioether (sulfide) groups is 1. The molecule has 1 N–H and O–H groups in total. The van der Waals surface area contributed by atoms with E-state index in [1.54, 1.807) is 12.3 Å². The number of carbonyl (C=O) groups excluding carboxylic acids is 1. The first kappa shape index (κ1) is 17.9. The summed E-state index contributed by atoms with van der Waals surface area (Å²) in [5.74, 6) is -0.930. The van der Waals surface area contributed by atoms with E-state index in [1.165, 1.54) is 12.1 Å². The van der Waals surface area contributed by atoms with Gasteiger partial charge >= 0.3 is 5.97 Å². The van der Waals surface area contributed by atoms with Gasteiger partial charge in [-0.3, -0.25) is 14.9 Å². The van der Waals surface area contributed by atoms with Crippen LogP contribution in [0.4, 0.5) is 5.69 Å². The summed E-state index contributed by atoms with van der Waals surface area (Å²) in [6.45, 7) is -1.17. The highest BCUT2D eigenvalue weighted by molar-refractivity contribution is 7.98. The number of nitrogens with one attached hydrogen (secondary N) is 1. The summed E-state index contributed by atoms with van der Waals surface area (Å²) in [5, 5.41) is 19.1. The van der Waals surface area contributed by atoms with E-state index in [4.69, 9.17) is 5.26 Å². The minimum Gasteiger partial charge on any atom is -0.449 e. The number of benzene rings is 1. The van der Waals surface area contributed by atoms with E-state index in [-0.39, 0.29) is 10.6 Å². The van der Waals surface area contributed by atoms with E-state index in [0.717, 1.165) is 17.8 Å². The van der Waals surface area contributed by atoms with Crippen LogP contribution >= 0.6 is 11.8 Å². The SMILES string of the molecule is CSc1ccc(S(=O)(=O)NCC(=O)OCC#N)cc1[N+](=O)[O-]. The molecule has 0 saturated carbocycles. The van der Waals surface area contributed by atoms with Gasteiger partial charge in [0.2, 0.25) is 10.0 Å². The molecule has 11 heteroatoms. The summed E-state index contributed by atoms with van der Waals surface area (Å²) in [6, 6.07) is 4.98. The number of hydrogen-bond acceptors (Lipinski definition) is 8. The summed E-state index contributed by atoms with van der Waals surface area (Å²) >= 11 is 1.11. The lowest BCUT2D eigenvalue weighted by Crippen LogP contribution is -2.30. The minimum atomic E-state index is -4.11. The van der Waals surface area contributed by atoms with Gasteiger partial charge in [0.1, 0.15) is 12.6 Å². The second-order valence-electron chi connectivity index (χ2n) is 3.73. The molecule has 9 nitrogen and oxygen atoms in total. The van der Waals surface area contributed by atoms with E-state index in [9.17, 15) is 23.3 Å². The van der Waals surface area contributed by atoms with Gasteiger partial charge in [-0.25, -0.2) is 8.42 Å². The van der Waals surface area contributed by atoms with Crippen LogP contribution in [0.3, 0.4) is 0 Å². The van der Waals surface area contributed by atoms with Crippen molar-refractivity contribution in [3.05, 3.63) is 28.3 Å². The third-order valence-corrected chi connectivity index (χ3v) is 4.55. The van der Waals surface area contributed by atoms with Crippen molar-refractivity contribution in [2.45, 2.75) is 9.79 Å². The molecule has 1 rings (SSSR count). The fourth-order valence-corrected chi connectivity index (χ4v) is 2.92. The number of ether oxygens (including phenoxy) is 1. The molecule has 118 valence electrons. The second kappa shape index (κ2) is 7.74. The number of nitrogens with zero attached hydrogens (tertiary/aromatic N) is 2. The number of nitro groups is 1. The molecule has 22 heavy (non-hydrogen) atoms. The number of esters is 1. The zero-order valence-corrected chi connectivity index (χ0v) is 12.9. The maximum absolute atomic E-state index is 12.0. The molecule has 0 spiro atoms. The van der Waals surface area contributed by atoms with Gasteiger partial charge in [0.25, 0.3) is 5.69 Å². The Hall–Kier alpha value is -2.16. The van der Waals surface area contributed by atoms with Crippen molar-refractivity contribution in [3.63, 3.8) is 0 Å². The predicted octanol–water partition coefficient (Wildman–Crippen LogP) is 0.662. The Balaban J connectivity index is 2.94. The average Bonchev–Trinajstić information content (AvgIpc) is 2.50. The van der Waals surface area contributed by atoms with Crippen LogP contribution in [0.2, 0.25) is 0 Å². The van der Waals surface area contributed by atoms with Gasteiger partial charge in [0, 0.05) is 6.07 Å². The number of hydrogen-bond donors (Lipinski definition) is 1. The van der Waals surface area contributed by atoms with Gasteiger partial charge in [-0.1, -0.05) is 0 Å². The Kier molecular flexibility index (Phi) is 6.29. The molecule has 0 aliphatic carbocycles. The van der Waals surface area contributed by atoms with Gasteiger partial charge in [0.05, 0.1) is 14.7 Å². The normalized spacial score (nSPS) is 10.7. The first-order valence-electron chi connectivity index (χ1n) is 5.66. The summed E-state index contributed by atoms with van der Waals surface area (Å²) in [7, 11) is -4.11. The predicted molar refractivity (Wildman–Crippen MR) is 76.6 cm³/mol.